The molecule has 0 unspecified atom stereocenters. The van der Waals surface area contributed by atoms with Crippen molar-refractivity contribution >= 4 is 29.2 Å². The van der Waals surface area contributed by atoms with Crippen LogP contribution in [0.1, 0.15) is 21.7 Å². The van der Waals surface area contributed by atoms with Crippen molar-refractivity contribution in [2.24, 2.45) is 0 Å². The van der Waals surface area contributed by atoms with Crippen LogP contribution in [-0.4, -0.2) is 21.0 Å². The van der Waals surface area contributed by atoms with Gasteiger partial charge in [-0.25, -0.2) is 9.78 Å². The molecule has 1 heterocycles. The number of H-pyrrole nitrogens is 1. The number of hydrogen-bond donors (Lipinski definition) is 2. The maximum Gasteiger partial charge on any atom is 0.337 e. The predicted octanol–water partition coefficient (Wildman–Crippen LogP) is 3.43. The molecule has 3 rings (SSSR count). The number of imidazole rings is 1. The average Bonchev–Trinajstić information content (AvgIpc) is 2.88. The van der Waals surface area contributed by atoms with Crippen molar-refractivity contribution < 1.29 is 9.90 Å². The van der Waals surface area contributed by atoms with Crippen molar-refractivity contribution in [3.05, 3.63) is 65.5 Å². The van der Waals surface area contributed by atoms with E-state index in [-0.39, 0.29) is 5.56 Å². The quantitative estimate of drug-likeness (QED) is 0.761. The molecule has 0 atom stereocenters. The number of fused-ring (bicyclic) bond motifs is 1. The Labute approximate surface area is 115 Å². The highest BCUT2D eigenvalue weighted by Crippen LogP contribution is 2.17. The summed E-state index contributed by atoms with van der Waals surface area (Å²) in [6.45, 7) is 0. The van der Waals surface area contributed by atoms with E-state index in [0.29, 0.717) is 16.9 Å². The zero-order chi connectivity index (χ0) is 13.9. The summed E-state index contributed by atoms with van der Waals surface area (Å²) in [4.78, 5) is 18.5. The highest BCUT2D eigenvalue weighted by molar-refractivity contribution is 6.01. The summed E-state index contributed by atoms with van der Waals surface area (Å²) >= 11 is 0. The fourth-order valence-electron chi connectivity index (χ4n) is 2.05. The van der Waals surface area contributed by atoms with Crippen LogP contribution in [0.4, 0.5) is 0 Å². The number of aromatic carboxylic acids is 1. The molecular weight excluding hydrogens is 252 g/mol. The van der Waals surface area contributed by atoms with E-state index in [1.165, 1.54) is 0 Å². The molecule has 98 valence electrons. The first-order valence-electron chi connectivity index (χ1n) is 6.19. The van der Waals surface area contributed by atoms with E-state index in [1.807, 2.05) is 42.5 Å². The van der Waals surface area contributed by atoms with E-state index >= 15 is 0 Å². The zero-order valence-corrected chi connectivity index (χ0v) is 10.6. The van der Waals surface area contributed by atoms with E-state index in [1.54, 1.807) is 18.2 Å². The molecular formula is C16H12N2O2. The van der Waals surface area contributed by atoms with Crippen LogP contribution in [0.3, 0.4) is 0 Å². The molecule has 0 spiro atoms. The van der Waals surface area contributed by atoms with Gasteiger partial charge in [0.15, 0.2) is 0 Å². The fourth-order valence-corrected chi connectivity index (χ4v) is 2.05. The number of aromatic nitrogens is 2. The first-order valence-corrected chi connectivity index (χ1v) is 6.19. The average molecular weight is 264 g/mol. The van der Waals surface area contributed by atoms with Crippen LogP contribution in [0.2, 0.25) is 0 Å². The van der Waals surface area contributed by atoms with Gasteiger partial charge in [-0.05, 0) is 23.8 Å². The number of aromatic amines is 1. The van der Waals surface area contributed by atoms with E-state index < -0.39 is 5.97 Å². The van der Waals surface area contributed by atoms with Crippen molar-refractivity contribution in [2.45, 2.75) is 0 Å². The lowest BCUT2D eigenvalue weighted by Gasteiger charge is -1.94. The number of carboxylic acids is 1. The molecule has 0 saturated carbocycles. The highest BCUT2D eigenvalue weighted by Gasteiger charge is 2.10. The Bertz CT molecular complexity index is 789. The predicted molar refractivity (Wildman–Crippen MR) is 78.4 cm³/mol. The van der Waals surface area contributed by atoms with Crippen molar-refractivity contribution in [2.75, 3.05) is 0 Å². The normalized spacial score (nSPS) is 11.2. The maximum absolute atomic E-state index is 11.1. The molecule has 0 amide bonds. The molecule has 0 bridgehead atoms. The Morgan fingerprint density at radius 1 is 1.05 bits per heavy atom. The van der Waals surface area contributed by atoms with Gasteiger partial charge in [-0.1, -0.05) is 42.5 Å². The van der Waals surface area contributed by atoms with Gasteiger partial charge >= 0.3 is 5.97 Å². The Morgan fingerprint density at radius 3 is 2.60 bits per heavy atom. The van der Waals surface area contributed by atoms with E-state index in [2.05, 4.69) is 9.97 Å². The Kier molecular flexibility index (Phi) is 3.05. The number of nitrogens with one attached hydrogen (secondary N) is 1. The Balaban J connectivity index is 2.00. The largest absolute Gasteiger partial charge is 0.478 e. The summed E-state index contributed by atoms with van der Waals surface area (Å²) in [6.07, 6.45) is 3.76. The molecule has 4 nitrogen and oxygen atoms in total. The van der Waals surface area contributed by atoms with Crippen LogP contribution in [0.25, 0.3) is 23.2 Å². The number of carboxylic acid groups (broad SMARTS) is 1. The van der Waals surface area contributed by atoms with E-state index in [4.69, 9.17) is 5.11 Å². The maximum atomic E-state index is 11.1. The number of benzene rings is 2. The summed E-state index contributed by atoms with van der Waals surface area (Å²) in [7, 11) is 0. The summed E-state index contributed by atoms with van der Waals surface area (Å²) < 4.78 is 0. The summed E-state index contributed by atoms with van der Waals surface area (Å²) in [5, 5.41) is 9.13. The Morgan fingerprint density at radius 2 is 1.85 bits per heavy atom. The molecule has 20 heavy (non-hydrogen) atoms. The SMILES string of the molecule is O=C(O)c1cccc2nc(C=Cc3ccccc3)[nH]c12. The third-order valence-electron chi connectivity index (χ3n) is 3.00. The molecule has 0 aliphatic heterocycles. The van der Waals surface area contributed by atoms with Crippen molar-refractivity contribution in [1.82, 2.24) is 9.97 Å². The number of nitrogens with zero attached hydrogens (tertiary/aromatic N) is 1. The molecule has 1 aromatic heterocycles. The van der Waals surface area contributed by atoms with E-state index in [9.17, 15) is 4.79 Å². The number of hydrogen-bond acceptors (Lipinski definition) is 2. The minimum atomic E-state index is -0.960. The summed E-state index contributed by atoms with van der Waals surface area (Å²) in [5.74, 6) is -0.324. The van der Waals surface area contributed by atoms with Crippen LogP contribution >= 0.6 is 0 Å². The third-order valence-corrected chi connectivity index (χ3v) is 3.00. The molecule has 2 N–H and O–H groups in total. The molecule has 0 aliphatic carbocycles. The van der Waals surface area contributed by atoms with Crippen LogP contribution in [0.15, 0.2) is 48.5 Å². The molecule has 3 aromatic rings. The first-order chi connectivity index (χ1) is 9.74. The van der Waals surface area contributed by atoms with Crippen molar-refractivity contribution in [3.63, 3.8) is 0 Å². The number of carbonyl (C=O) groups is 1. The van der Waals surface area contributed by atoms with Gasteiger partial charge < -0.3 is 10.1 Å². The van der Waals surface area contributed by atoms with Gasteiger partial charge in [-0.15, -0.1) is 0 Å². The van der Waals surface area contributed by atoms with E-state index in [0.717, 1.165) is 5.56 Å². The lowest BCUT2D eigenvalue weighted by atomic mass is 10.2. The fraction of sp³-hybridized carbons (Fsp3) is 0. The number of para-hydroxylation sites is 1. The molecule has 0 fully saturated rings. The van der Waals surface area contributed by atoms with Gasteiger partial charge in [0, 0.05) is 0 Å². The standard InChI is InChI=1S/C16H12N2O2/c19-16(20)12-7-4-8-13-15(12)18-14(17-13)10-9-11-5-2-1-3-6-11/h1-10H,(H,17,18)(H,19,20). The lowest BCUT2D eigenvalue weighted by molar-refractivity contribution is 0.0699. The molecule has 4 heteroatoms. The molecule has 0 aliphatic rings. The smallest absolute Gasteiger partial charge is 0.337 e. The molecule has 0 radical (unpaired) electrons. The second-order valence-electron chi connectivity index (χ2n) is 4.37. The molecule has 0 saturated heterocycles. The van der Waals surface area contributed by atoms with Crippen molar-refractivity contribution in [1.29, 1.82) is 0 Å². The highest BCUT2D eigenvalue weighted by atomic mass is 16.4. The van der Waals surface area contributed by atoms with Gasteiger partial charge in [0.2, 0.25) is 0 Å². The topological polar surface area (TPSA) is 66.0 Å². The zero-order valence-electron chi connectivity index (χ0n) is 10.6. The van der Waals surface area contributed by atoms with Crippen LogP contribution in [0.5, 0.6) is 0 Å². The van der Waals surface area contributed by atoms with Crippen LogP contribution in [0, 0.1) is 0 Å². The first kappa shape index (κ1) is 12.2. The number of rotatable bonds is 3. The Hall–Kier alpha value is -2.88. The molecule has 2 aromatic carbocycles. The van der Waals surface area contributed by atoms with Gasteiger partial charge in [0.25, 0.3) is 0 Å². The van der Waals surface area contributed by atoms with Gasteiger partial charge in [-0.3, -0.25) is 0 Å². The lowest BCUT2D eigenvalue weighted by Crippen LogP contribution is -1.96. The van der Waals surface area contributed by atoms with Gasteiger partial charge in [0.05, 0.1) is 16.6 Å². The van der Waals surface area contributed by atoms with Gasteiger partial charge in [-0.2, -0.15) is 0 Å². The van der Waals surface area contributed by atoms with Crippen LogP contribution in [-0.2, 0) is 0 Å². The minimum absolute atomic E-state index is 0.231. The second-order valence-corrected chi connectivity index (χ2v) is 4.37. The third kappa shape index (κ3) is 2.31. The van der Waals surface area contributed by atoms with Crippen LogP contribution < -0.4 is 0 Å². The summed E-state index contributed by atoms with van der Waals surface area (Å²) in [6, 6.07) is 14.9. The van der Waals surface area contributed by atoms with Gasteiger partial charge in [0.1, 0.15) is 5.82 Å². The van der Waals surface area contributed by atoms with Crippen molar-refractivity contribution in [3.8, 4) is 0 Å². The summed E-state index contributed by atoms with van der Waals surface area (Å²) in [5.41, 5.74) is 2.49. The second kappa shape index (κ2) is 5.01. The monoisotopic (exact) mass is 264 g/mol. The minimum Gasteiger partial charge on any atom is -0.478 e.